The number of unbranched alkanes of at least 4 members (excludes halogenated alkanes) is 2. The zero-order valence-electron chi connectivity index (χ0n) is 9.27. The fourth-order valence-electron chi connectivity index (χ4n) is 1.36. The van der Waals surface area contributed by atoms with Crippen molar-refractivity contribution in [3.8, 4) is 0 Å². The summed E-state index contributed by atoms with van der Waals surface area (Å²) in [6, 6.07) is 0. The van der Waals surface area contributed by atoms with E-state index in [1.54, 1.807) is 0 Å². The van der Waals surface area contributed by atoms with Gasteiger partial charge in [0.1, 0.15) is 0 Å². The van der Waals surface area contributed by atoms with Crippen LogP contribution in [0.25, 0.3) is 0 Å². The normalized spacial score (nSPS) is 11.6. The van der Waals surface area contributed by atoms with E-state index in [0.717, 1.165) is 30.0 Å². The van der Waals surface area contributed by atoms with Crippen molar-refractivity contribution in [1.82, 2.24) is 9.55 Å². The van der Waals surface area contributed by atoms with Gasteiger partial charge in [-0.25, -0.2) is 13.2 Å². The van der Waals surface area contributed by atoms with Crippen molar-refractivity contribution in [3.05, 3.63) is 27.0 Å². The second-order valence-corrected chi connectivity index (χ2v) is 6.13. The van der Waals surface area contributed by atoms with E-state index in [2.05, 4.69) is 0 Å². The second kappa shape index (κ2) is 5.50. The zero-order valence-corrected chi connectivity index (χ0v) is 10.8. The van der Waals surface area contributed by atoms with E-state index in [0.29, 0.717) is 6.54 Å². The van der Waals surface area contributed by atoms with Crippen LogP contribution in [0, 0.1) is 0 Å². The highest BCUT2D eigenvalue weighted by atomic mass is 35.7. The van der Waals surface area contributed by atoms with Crippen LogP contribution in [0.1, 0.15) is 26.2 Å². The molecule has 0 unspecified atom stereocenters. The Balaban J connectivity index is 3.16. The molecule has 1 N–H and O–H groups in total. The summed E-state index contributed by atoms with van der Waals surface area (Å²) in [6.07, 6.45) is 3.59. The minimum atomic E-state index is -4.13. The van der Waals surface area contributed by atoms with Gasteiger partial charge < -0.3 is 0 Å². The highest BCUT2D eigenvalue weighted by molar-refractivity contribution is 8.13. The molecular formula is C9H13ClN2O4S. The number of H-pyrrole nitrogens is 1. The summed E-state index contributed by atoms with van der Waals surface area (Å²) >= 11 is 0. The third-order valence-electron chi connectivity index (χ3n) is 2.24. The van der Waals surface area contributed by atoms with Crippen LogP contribution in [0.5, 0.6) is 0 Å². The van der Waals surface area contributed by atoms with Gasteiger partial charge in [-0.05, 0) is 6.42 Å². The Labute approximate surface area is 103 Å². The Bertz CT molecular complexity index is 602. The number of rotatable bonds is 5. The van der Waals surface area contributed by atoms with Crippen molar-refractivity contribution in [1.29, 1.82) is 0 Å². The second-order valence-electron chi connectivity index (χ2n) is 3.59. The van der Waals surface area contributed by atoms with Gasteiger partial charge in [0.25, 0.3) is 14.6 Å². The third kappa shape index (κ3) is 3.71. The van der Waals surface area contributed by atoms with Gasteiger partial charge in [0.15, 0.2) is 4.90 Å². The molecule has 0 spiro atoms. The maximum absolute atomic E-state index is 11.4. The standard InChI is InChI=1S/C9H13ClN2O4S/c1-2-3-4-5-12-6-7(17(10,15)16)8(13)11-9(12)14/h6H,2-5H2,1H3,(H,11,13,14). The van der Waals surface area contributed by atoms with E-state index in [1.165, 1.54) is 0 Å². The summed E-state index contributed by atoms with van der Waals surface area (Å²) in [5, 5.41) is 0. The molecule has 1 aromatic heterocycles. The first kappa shape index (κ1) is 14.0. The molecule has 6 nitrogen and oxygen atoms in total. The van der Waals surface area contributed by atoms with Crippen LogP contribution in [0.15, 0.2) is 20.7 Å². The van der Waals surface area contributed by atoms with E-state index in [1.807, 2.05) is 11.9 Å². The molecule has 0 aliphatic rings. The molecule has 17 heavy (non-hydrogen) atoms. The topological polar surface area (TPSA) is 89.0 Å². The van der Waals surface area contributed by atoms with Crippen molar-refractivity contribution in [2.45, 2.75) is 37.6 Å². The van der Waals surface area contributed by atoms with Crippen LogP contribution in [-0.4, -0.2) is 18.0 Å². The molecule has 1 heterocycles. The fraction of sp³-hybridized carbons (Fsp3) is 0.556. The summed E-state index contributed by atoms with van der Waals surface area (Å²) in [4.78, 5) is 23.9. The van der Waals surface area contributed by atoms with Crippen LogP contribution in [-0.2, 0) is 15.6 Å². The number of nitrogens with zero attached hydrogens (tertiary/aromatic N) is 1. The lowest BCUT2D eigenvalue weighted by molar-refractivity contribution is 0.562. The van der Waals surface area contributed by atoms with E-state index in [-0.39, 0.29) is 0 Å². The maximum atomic E-state index is 11.4. The molecule has 0 atom stereocenters. The Morgan fingerprint density at radius 3 is 2.53 bits per heavy atom. The van der Waals surface area contributed by atoms with E-state index in [4.69, 9.17) is 10.7 Å². The van der Waals surface area contributed by atoms with Crippen LogP contribution in [0.4, 0.5) is 0 Å². The number of aryl methyl sites for hydroxylation is 1. The predicted molar refractivity (Wildman–Crippen MR) is 63.9 cm³/mol. The molecule has 0 radical (unpaired) electrons. The lowest BCUT2D eigenvalue weighted by Crippen LogP contribution is -2.32. The molecule has 0 saturated carbocycles. The zero-order chi connectivity index (χ0) is 13.1. The average molecular weight is 281 g/mol. The van der Waals surface area contributed by atoms with E-state index in [9.17, 15) is 18.0 Å². The molecule has 0 aliphatic carbocycles. The van der Waals surface area contributed by atoms with Gasteiger partial charge in [-0.15, -0.1) is 0 Å². The van der Waals surface area contributed by atoms with Crippen LogP contribution < -0.4 is 11.2 Å². The number of hydrogen-bond donors (Lipinski definition) is 1. The number of nitrogens with one attached hydrogen (secondary N) is 1. The lowest BCUT2D eigenvalue weighted by Gasteiger charge is -2.05. The number of hydrogen-bond acceptors (Lipinski definition) is 4. The Morgan fingerprint density at radius 2 is 2.00 bits per heavy atom. The quantitative estimate of drug-likeness (QED) is 0.634. The third-order valence-corrected chi connectivity index (χ3v) is 3.56. The number of halogens is 1. The molecular weight excluding hydrogens is 268 g/mol. The molecule has 1 aromatic rings. The van der Waals surface area contributed by atoms with Gasteiger partial charge in [-0.1, -0.05) is 19.8 Å². The first-order chi connectivity index (χ1) is 7.86. The largest absolute Gasteiger partial charge is 0.328 e. The van der Waals surface area contributed by atoms with E-state index >= 15 is 0 Å². The first-order valence-corrected chi connectivity index (χ1v) is 7.45. The van der Waals surface area contributed by atoms with Gasteiger partial charge in [0.2, 0.25) is 0 Å². The minimum Gasteiger partial charge on any atom is -0.299 e. The maximum Gasteiger partial charge on any atom is 0.328 e. The molecule has 1 rings (SSSR count). The van der Waals surface area contributed by atoms with Crippen LogP contribution in [0.3, 0.4) is 0 Å². The van der Waals surface area contributed by atoms with Gasteiger partial charge >= 0.3 is 5.69 Å². The fourth-order valence-corrected chi connectivity index (χ4v) is 2.22. The highest BCUT2D eigenvalue weighted by Gasteiger charge is 2.16. The van der Waals surface area contributed by atoms with Crippen LogP contribution in [0.2, 0.25) is 0 Å². The predicted octanol–water partition coefficient (Wildman–Crippen LogP) is 0.654. The molecule has 0 aliphatic heterocycles. The van der Waals surface area contributed by atoms with Crippen molar-refractivity contribution < 1.29 is 8.42 Å². The van der Waals surface area contributed by atoms with Gasteiger partial charge in [-0.3, -0.25) is 14.3 Å². The average Bonchev–Trinajstić information content (AvgIpc) is 2.19. The molecule has 0 bridgehead atoms. The minimum absolute atomic E-state index is 0.350. The smallest absolute Gasteiger partial charge is 0.299 e. The molecule has 96 valence electrons. The van der Waals surface area contributed by atoms with Crippen molar-refractivity contribution >= 4 is 19.7 Å². The number of aromatic nitrogens is 2. The van der Waals surface area contributed by atoms with Gasteiger partial charge in [-0.2, -0.15) is 0 Å². The van der Waals surface area contributed by atoms with Crippen molar-refractivity contribution in [3.63, 3.8) is 0 Å². The van der Waals surface area contributed by atoms with Crippen molar-refractivity contribution in [2.24, 2.45) is 0 Å². The van der Waals surface area contributed by atoms with E-state index < -0.39 is 25.2 Å². The monoisotopic (exact) mass is 280 g/mol. The Hall–Kier alpha value is -1.08. The molecule has 0 amide bonds. The van der Waals surface area contributed by atoms with Crippen molar-refractivity contribution in [2.75, 3.05) is 0 Å². The number of aromatic amines is 1. The summed E-state index contributed by atoms with van der Waals surface area (Å²) in [5.74, 6) is 0. The van der Waals surface area contributed by atoms with Crippen LogP contribution >= 0.6 is 10.7 Å². The lowest BCUT2D eigenvalue weighted by atomic mass is 10.2. The summed E-state index contributed by atoms with van der Waals surface area (Å²) in [6.45, 7) is 2.35. The SMILES string of the molecule is CCCCCn1cc(S(=O)(=O)Cl)c(=O)[nH]c1=O. The van der Waals surface area contributed by atoms with Gasteiger partial charge in [0.05, 0.1) is 0 Å². The Morgan fingerprint density at radius 1 is 1.35 bits per heavy atom. The summed E-state index contributed by atoms with van der Waals surface area (Å²) in [5.41, 5.74) is -1.62. The summed E-state index contributed by atoms with van der Waals surface area (Å²) < 4.78 is 23.3. The molecule has 0 aromatic carbocycles. The van der Waals surface area contributed by atoms with Gasteiger partial charge in [0, 0.05) is 23.4 Å². The highest BCUT2D eigenvalue weighted by Crippen LogP contribution is 2.07. The molecule has 8 heteroatoms. The first-order valence-electron chi connectivity index (χ1n) is 5.14. The Kier molecular flexibility index (Phi) is 4.53. The molecule has 0 fully saturated rings. The molecule has 0 saturated heterocycles. The summed E-state index contributed by atoms with van der Waals surface area (Å²) in [7, 11) is 0.952.